The summed E-state index contributed by atoms with van der Waals surface area (Å²) in [5, 5.41) is 2.76. The summed E-state index contributed by atoms with van der Waals surface area (Å²) in [6.45, 7) is 5.51. The second-order valence-corrected chi connectivity index (χ2v) is 5.56. The quantitative estimate of drug-likeness (QED) is 0.806. The van der Waals surface area contributed by atoms with E-state index in [4.69, 9.17) is 4.42 Å². The molecular weight excluding hydrogens is 294 g/mol. The van der Waals surface area contributed by atoms with Crippen LogP contribution in [0.4, 0.5) is 0 Å². The van der Waals surface area contributed by atoms with Gasteiger partial charge in [-0.25, -0.2) is 4.98 Å². The summed E-state index contributed by atoms with van der Waals surface area (Å²) in [6.07, 6.45) is 2.98. The van der Waals surface area contributed by atoms with Gasteiger partial charge in [-0.2, -0.15) is 0 Å². The Bertz CT molecular complexity index is 940. The largest absolute Gasteiger partial charge is 0.464 e. The van der Waals surface area contributed by atoms with Gasteiger partial charge in [-0.05, 0) is 44.5 Å². The number of carbonyl (C=O) groups excluding carboxylic acids is 1. The minimum Gasteiger partial charge on any atom is -0.464 e. The van der Waals surface area contributed by atoms with Gasteiger partial charge in [-0.15, -0.1) is 0 Å². The van der Waals surface area contributed by atoms with Crippen molar-refractivity contribution in [3.05, 3.63) is 69.7 Å². The van der Waals surface area contributed by atoms with E-state index in [1.165, 1.54) is 10.6 Å². The number of nitrogens with one attached hydrogen (secondary N) is 1. The van der Waals surface area contributed by atoms with Crippen molar-refractivity contribution in [1.29, 1.82) is 0 Å². The highest BCUT2D eigenvalue weighted by Crippen LogP contribution is 2.15. The molecule has 6 heteroatoms. The maximum absolute atomic E-state index is 12.5. The smallest absolute Gasteiger partial charge is 0.270 e. The zero-order valence-corrected chi connectivity index (χ0v) is 13.2. The third-order valence-corrected chi connectivity index (χ3v) is 3.63. The Balaban J connectivity index is 1.92. The number of amides is 1. The number of hydrogen-bond donors (Lipinski definition) is 1. The van der Waals surface area contributed by atoms with Crippen LogP contribution in [0.2, 0.25) is 0 Å². The molecule has 0 aliphatic rings. The van der Waals surface area contributed by atoms with Crippen molar-refractivity contribution in [3.63, 3.8) is 0 Å². The van der Waals surface area contributed by atoms with Crippen LogP contribution in [-0.2, 0) is 0 Å². The molecular formula is C17H17N3O3. The van der Waals surface area contributed by atoms with Gasteiger partial charge < -0.3 is 9.73 Å². The molecule has 0 aromatic carbocycles. The zero-order chi connectivity index (χ0) is 16.6. The second kappa shape index (κ2) is 5.72. The topological polar surface area (TPSA) is 76.6 Å². The van der Waals surface area contributed by atoms with Gasteiger partial charge in [0.25, 0.3) is 11.5 Å². The number of hydrogen-bond acceptors (Lipinski definition) is 4. The van der Waals surface area contributed by atoms with E-state index in [1.807, 2.05) is 26.0 Å². The molecule has 3 heterocycles. The van der Waals surface area contributed by atoms with Gasteiger partial charge in [0.05, 0.1) is 6.04 Å². The summed E-state index contributed by atoms with van der Waals surface area (Å²) >= 11 is 0. The molecule has 118 valence electrons. The molecule has 1 atom stereocenters. The number of aromatic nitrogens is 2. The Hall–Kier alpha value is -2.89. The predicted molar refractivity (Wildman–Crippen MR) is 85.5 cm³/mol. The summed E-state index contributed by atoms with van der Waals surface area (Å²) in [5.74, 6) is 0.935. The maximum atomic E-state index is 12.5. The fourth-order valence-electron chi connectivity index (χ4n) is 2.37. The fraction of sp³-hybridized carbons (Fsp3) is 0.235. The molecule has 23 heavy (non-hydrogen) atoms. The average molecular weight is 311 g/mol. The number of aryl methyl sites for hydroxylation is 2. The van der Waals surface area contributed by atoms with Crippen LogP contribution in [0, 0.1) is 13.8 Å². The molecule has 0 fully saturated rings. The molecule has 0 radical (unpaired) electrons. The lowest BCUT2D eigenvalue weighted by atomic mass is 10.2. The van der Waals surface area contributed by atoms with Crippen molar-refractivity contribution in [2.45, 2.75) is 26.8 Å². The van der Waals surface area contributed by atoms with Gasteiger partial charge in [0, 0.05) is 12.4 Å². The number of pyridine rings is 1. The molecule has 3 rings (SSSR count). The number of rotatable bonds is 3. The summed E-state index contributed by atoms with van der Waals surface area (Å²) in [4.78, 5) is 29.0. The number of carbonyl (C=O) groups is 1. The first-order chi connectivity index (χ1) is 11.0. The van der Waals surface area contributed by atoms with Gasteiger partial charge in [-0.3, -0.25) is 14.0 Å². The third-order valence-electron chi connectivity index (χ3n) is 3.63. The molecule has 0 aliphatic carbocycles. The van der Waals surface area contributed by atoms with Crippen LogP contribution < -0.4 is 10.9 Å². The average Bonchev–Trinajstić information content (AvgIpc) is 2.95. The van der Waals surface area contributed by atoms with Gasteiger partial charge in [0.1, 0.15) is 22.7 Å². The lowest BCUT2D eigenvalue weighted by Gasteiger charge is -2.11. The third kappa shape index (κ3) is 2.88. The first-order valence-corrected chi connectivity index (χ1v) is 7.31. The molecule has 0 aliphatic heterocycles. The van der Waals surface area contributed by atoms with Gasteiger partial charge in [0.2, 0.25) is 0 Å². The molecule has 6 nitrogen and oxygen atoms in total. The fourth-order valence-corrected chi connectivity index (χ4v) is 2.37. The minimum atomic E-state index is -0.472. The minimum absolute atomic E-state index is 0.00299. The van der Waals surface area contributed by atoms with Crippen LogP contribution in [0.3, 0.4) is 0 Å². The lowest BCUT2D eigenvalue weighted by molar-refractivity contribution is 0.0933. The van der Waals surface area contributed by atoms with E-state index in [2.05, 4.69) is 10.3 Å². The summed E-state index contributed by atoms with van der Waals surface area (Å²) in [7, 11) is 0. The predicted octanol–water partition coefficient (Wildman–Crippen LogP) is 2.40. The SMILES string of the molecule is Cc1ccc2ncc(C(=O)NC(C)c3ccc(C)o3)c(=O)n2c1. The molecule has 0 spiro atoms. The molecule has 1 amide bonds. The highest BCUT2D eigenvalue weighted by Gasteiger charge is 2.18. The van der Waals surface area contributed by atoms with Crippen molar-refractivity contribution in [2.24, 2.45) is 0 Å². The Morgan fingerprint density at radius 2 is 2.04 bits per heavy atom. The van der Waals surface area contributed by atoms with Crippen LogP contribution in [0.1, 0.15) is 40.4 Å². The molecule has 3 aromatic heterocycles. The first kappa shape index (κ1) is 15.0. The van der Waals surface area contributed by atoms with E-state index in [-0.39, 0.29) is 17.2 Å². The van der Waals surface area contributed by atoms with E-state index in [1.54, 1.807) is 25.3 Å². The standard InChI is InChI=1S/C17H17N3O3/c1-10-4-7-15-18-8-13(17(22)20(15)9-10)16(21)19-12(3)14-6-5-11(2)23-14/h4-9,12H,1-3H3,(H,19,21). The highest BCUT2D eigenvalue weighted by atomic mass is 16.3. The Morgan fingerprint density at radius 3 is 2.74 bits per heavy atom. The van der Waals surface area contributed by atoms with Crippen molar-refractivity contribution in [3.8, 4) is 0 Å². The Labute approximate surface area is 132 Å². The number of fused-ring (bicyclic) bond motifs is 1. The first-order valence-electron chi connectivity index (χ1n) is 7.31. The number of furan rings is 1. The Morgan fingerprint density at radius 1 is 1.26 bits per heavy atom. The summed E-state index contributed by atoms with van der Waals surface area (Å²) in [6, 6.07) is 6.89. The van der Waals surface area contributed by atoms with Crippen LogP contribution in [0.15, 0.2) is 45.9 Å². The molecule has 0 bridgehead atoms. The van der Waals surface area contributed by atoms with Crippen molar-refractivity contribution < 1.29 is 9.21 Å². The van der Waals surface area contributed by atoms with Crippen LogP contribution in [0.5, 0.6) is 0 Å². The van der Waals surface area contributed by atoms with Crippen molar-refractivity contribution >= 4 is 11.6 Å². The second-order valence-electron chi connectivity index (χ2n) is 5.56. The summed E-state index contributed by atoms with van der Waals surface area (Å²) in [5.41, 5.74) is 1.03. The monoisotopic (exact) mass is 311 g/mol. The molecule has 0 saturated carbocycles. The maximum Gasteiger partial charge on any atom is 0.270 e. The van der Waals surface area contributed by atoms with Crippen LogP contribution in [0.25, 0.3) is 5.65 Å². The van der Waals surface area contributed by atoms with Crippen molar-refractivity contribution in [1.82, 2.24) is 14.7 Å². The van der Waals surface area contributed by atoms with Gasteiger partial charge in [0.15, 0.2) is 0 Å². The molecule has 3 aromatic rings. The lowest BCUT2D eigenvalue weighted by Crippen LogP contribution is -2.33. The van der Waals surface area contributed by atoms with E-state index < -0.39 is 5.91 Å². The molecule has 1 N–H and O–H groups in total. The highest BCUT2D eigenvalue weighted by molar-refractivity contribution is 5.93. The molecule has 1 unspecified atom stereocenters. The van der Waals surface area contributed by atoms with Crippen molar-refractivity contribution in [2.75, 3.05) is 0 Å². The van der Waals surface area contributed by atoms with Crippen LogP contribution in [-0.4, -0.2) is 15.3 Å². The normalized spacial score (nSPS) is 12.3. The molecule has 0 saturated heterocycles. The van der Waals surface area contributed by atoms with Gasteiger partial charge in [-0.1, -0.05) is 6.07 Å². The van der Waals surface area contributed by atoms with E-state index in [9.17, 15) is 9.59 Å². The Kier molecular flexibility index (Phi) is 3.73. The summed E-state index contributed by atoms with van der Waals surface area (Å²) < 4.78 is 6.87. The van der Waals surface area contributed by atoms with Gasteiger partial charge >= 0.3 is 0 Å². The van der Waals surface area contributed by atoms with E-state index in [0.29, 0.717) is 11.4 Å². The van der Waals surface area contributed by atoms with E-state index in [0.717, 1.165) is 11.3 Å². The zero-order valence-electron chi connectivity index (χ0n) is 13.2. The van der Waals surface area contributed by atoms with Crippen LogP contribution >= 0.6 is 0 Å². The van der Waals surface area contributed by atoms with E-state index >= 15 is 0 Å². The number of nitrogens with zero attached hydrogens (tertiary/aromatic N) is 2.